The summed E-state index contributed by atoms with van der Waals surface area (Å²) in [7, 11) is 0. The van der Waals surface area contributed by atoms with E-state index < -0.39 is 0 Å². The van der Waals surface area contributed by atoms with E-state index in [1.54, 1.807) is 0 Å². The van der Waals surface area contributed by atoms with Crippen LogP contribution in [0.5, 0.6) is 0 Å². The molecule has 2 nitrogen and oxygen atoms in total. The van der Waals surface area contributed by atoms with E-state index >= 15 is 0 Å². The number of rotatable bonds is 3. The molecule has 1 saturated heterocycles. The first-order valence-electron chi connectivity index (χ1n) is 6.23. The number of aryl methyl sites for hydroxylation is 1. The lowest BCUT2D eigenvalue weighted by atomic mass is 9.97. The lowest BCUT2D eigenvalue weighted by Gasteiger charge is -2.30. The molecule has 1 N–H and O–H groups in total. The molecule has 1 aliphatic heterocycles. The number of halogens is 1. The third kappa shape index (κ3) is 3.44. The average Bonchev–Trinajstić information content (AvgIpc) is 2.30. The highest BCUT2D eigenvalue weighted by atomic mass is 35.5. The van der Waals surface area contributed by atoms with Crippen LogP contribution >= 0.6 is 11.6 Å². The average molecular weight is 254 g/mol. The minimum Gasteiger partial charge on any atom is -0.381 e. The molecule has 0 spiro atoms. The van der Waals surface area contributed by atoms with E-state index in [0.29, 0.717) is 12.0 Å². The Morgan fingerprint density at radius 1 is 1.47 bits per heavy atom. The molecule has 1 fully saturated rings. The summed E-state index contributed by atoms with van der Waals surface area (Å²) in [4.78, 5) is 0. The molecule has 3 heteroatoms. The summed E-state index contributed by atoms with van der Waals surface area (Å²) in [5, 5.41) is 4.44. The second-order valence-corrected chi connectivity index (χ2v) is 5.34. The Morgan fingerprint density at radius 3 is 3.00 bits per heavy atom. The lowest BCUT2D eigenvalue weighted by Crippen LogP contribution is -2.41. The maximum Gasteiger partial charge on any atom is 0.0506 e. The second-order valence-electron chi connectivity index (χ2n) is 4.90. The summed E-state index contributed by atoms with van der Waals surface area (Å²) < 4.78 is 5.45. The van der Waals surface area contributed by atoms with Crippen molar-refractivity contribution < 1.29 is 4.74 Å². The highest BCUT2D eigenvalue weighted by molar-refractivity contribution is 6.30. The van der Waals surface area contributed by atoms with Gasteiger partial charge in [-0.3, -0.25) is 0 Å². The molecule has 2 rings (SSSR count). The smallest absolute Gasteiger partial charge is 0.0506 e. The number of hydrogen-bond donors (Lipinski definition) is 1. The molecule has 1 aliphatic rings. The highest BCUT2D eigenvalue weighted by Gasteiger charge is 2.21. The molecule has 17 heavy (non-hydrogen) atoms. The normalized spacial score (nSPS) is 24.9. The maximum absolute atomic E-state index is 5.95. The summed E-state index contributed by atoms with van der Waals surface area (Å²) in [6.07, 6.45) is 1.10. The summed E-state index contributed by atoms with van der Waals surface area (Å²) in [6, 6.07) is 6.65. The van der Waals surface area contributed by atoms with Crippen molar-refractivity contribution in [3.63, 3.8) is 0 Å². The van der Waals surface area contributed by atoms with Crippen molar-refractivity contribution in [1.29, 1.82) is 0 Å². The van der Waals surface area contributed by atoms with Gasteiger partial charge in [-0.25, -0.2) is 0 Å². The molecule has 94 valence electrons. The Hall–Kier alpha value is -0.570. The number of nitrogens with one attached hydrogen (secondary N) is 1. The predicted molar refractivity (Wildman–Crippen MR) is 71.4 cm³/mol. The SMILES string of the molecule is Cc1cc(Cl)ccc1CNC1CCOCC1C. The van der Waals surface area contributed by atoms with Gasteiger partial charge < -0.3 is 10.1 Å². The Morgan fingerprint density at radius 2 is 2.29 bits per heavy atom. The minimum atomic E-state index is 0.568. The second kappa shape index (κ2) is 5.85. The van der Waals surface area contributed by atoms with Gasteiger partial charge in [0, 0.05) is 24.2 Å². The van der Waals surface area contributed by atoms with Gasteiger partial charge in [-0.15, -0.1) is 0 Å². The third-order valence-electron chi connectivity index (χ3n) is 3.50. The van der Waals surface area contributed by atoms with Crippen LogP contribution < -0.4 is 5.32 Å². The number of hydrogen-bond acceptors (Lipinski definition) is 2. The largest absolute Gasteiger partial charge is 0.381 e. The highest BCUT2D eigenvalue weighted by Crippen LogP contribution is 2.17. The predicted octanol–water partition coefficient (Wildman–Crippen LogP) is 3.16. The van der Waals surface area contributed by atoms with E-state index in [-0.39, 0.29) is 0 Å². The van der Waals surface area contributed by atoms with Crippen molar-refractivity contribution in [3.05, 3.63) is 34.3 Å². The zero-order valence-electron chi connectivity index (χ0n) is 10.5. The van der Waals surface area contributed by atoms with E-state index in [4.69, 9.17) is 16.3 Å². The zero-order chi connectivity index (χ0) is 12.3. The van der Waals surface area contributed by atoms with E-state index in [2.05, 4.69) is 25.2 Å². The van der Waals surface area contributed by atoms with Crippen molar-refractivity contribution in [3.8, 4) is 0 Å². The fraction of sp³-hybridized carbons (Fsp3) is 0.571. The minimum absolute atomic E-state index is 0.568. The van der Waals surface area contributed by atoms with Crippen molar-refractivity contribution in [2.75, 3.05) is 13.2 Å². The molecule has 1 aromatic rings. The van der Waals surface area contributed by atoms with Crippen LogP contribution in [0.4, 0.5) is 0 Å². The Bertz CT molecular complexity index is 380. The summed E-state index contributed by atoms with van der Waals surface area (Å²) in [5.74, 6) is 0.594. The molecular weight excluding hydrogens is 234 g/mol. The fourth-order valence-electron chi connectivity index (χ4n) is 2.28. The Labute approximate surface area is 108 Å². The van der Waals surface area contributed by atoms with Crippen molar-refractivity contribution >= 4 is 11.6 Å². The van der Waals surface area contributed by atoms with E-state index in [0.717, 1.165) is 31.2 Å². The van der Waals surface area contributed by atoms with Crippen LogP contribution in [-0.2, 0) is 11.3 Å². The Balaban J connectivity index is 1.92. The van der Waals surface area contributed by atoms with Gasteiger partial charge in [0.15, 0.2) is 0 Å². The maximum atomic E-state index is 5.95. The molecular formula is C14H20ClNO. The molecule has 1 aromatic carbocycles. The molecule has 0 aromatic heterocycles. The quantitative estimate of drug-likeness (QED) is 0.894. The van der Waals surface area contributed by atoms with Gasteiger partial charge in [0.1, 0.15) is 0 Å². The van der Waals surface area contributed by atoms with Crippen molar-refractivity contribution in [2.45, 2.75) is 32.9 Å². The van der Waals surface area contributed by atoms with Crippen LogP contribution in [0.1, 0.15) is 24.5 Å². The third-order valence-corrected chi connectivity index (χ3v) is 3.74. The summed E-state index contributed by atoms with van der Waals surface area (Å²) in [5.41, 5.74) is 2.58. The standard InChI is InChI=1S/C14H20ClNO/c1-10-7-13(15)4-3-12(10)8-16-14-5-6-17-9-11(14)2/h3-4,7,11,14,16H,5-6,8-9H2,1-2H3. The molecule has 2 unspecified atom stereocenters. The van der Waals surface area contributed by atoms with Gasteiger partial charge in [-0.2, -0.15) is 0 Å². The summed E-state index contributed by atoms with van der Waals surface area (Å²) >= 11 is 5.95. The molecule has 0 saturated carbocycles. The van der Waals surface area contributed by atoms with Crippen LogP contribution in [0.15, 0.2) is 18.2 Å². The molecule has 0 aliphatic carbocycles. The number of benzene rings is 1. The van der Waals surface area contributed by atoms with Crippen LogP contribution in [-0.4, -0.2) is 19.3 Å². The molecule has 1 heterocycles. The zero-order valence-corrected chi connectivity index (χ0v) is 11.3. The van der Waals surface area contributed by atoms with Gasteiger partial charge in [-0.05, 0) is 42.5 Å². The Kier molecular flexibility index (Phi) is 4.43. The monoisotopic (exact) mass is 253 g/mol. The van der Waals surface area contributed by atoms with Gasteiger partial charge >= 0.3 is 0 Å². The number of ether oxygens (including phenoxy) is 1. The van der Waals surface area contributed by atoms with Crippen LogP contribution in [0, 0.1) is 12.8 Å². The van der Waals surface area contributed by atoms with E-state index in [1.807, 2.05) is 12.1 Å². The van der Waals surface area contributed by atoms with E-state index in [1.165, 1.54) is 11.1 Å². The fourth-order valence-corrected chi connectivity index (χ4v) is 2.51. The summed E-state index contributed by atoms with van der Waals surface area (Å²) in [6.45, 7) is 7.01. The first-order valence-corrected chi connectivity index (χ1v) is 6.61. The van der Waals surface area contributed by atoms with Crippen molar-refractivity contribution in [2.24, 2.45) is 5.92 Å². The first kappa shape index (κ1) is 12.9. The topological polar surface area (TPSA) is 21.3 Å². The first-order chi connectivity index (χ1) is 8.16. The molecule has 2 atom stereocenters. The van der Waals surface area contributed by atoms with Crippen LogP contribution in [0.25, 0.3) is 0 Å². The van der Waals surface area contributed by atoms with Gasteiger partial charge in [0.05, 0.1) is 6.61 Å². The van der Waals surface area contributed by atoms with Gasteiger partial charge in [0.25, 0.3) is 0 Å². The molecule has 0 amide bonds. The van der Waals surface area contributed by atoms with Gasteiger partial charge in [-0.1, -0.05) is 24.6 Å². The van der Waals surface area contributed by atoms with Crippen LogP contribution in [0.3, 0.4) is 0 Å². The molecule has 0 bridgehead atoms. The van der Waals surface area contributed by atoms with Gasteiger partial charge in [0.2, 0.25) is 0 Å². The van der Waals surface area contributed by atoms with Crippen LogP contribution in [0.2, 0.25) is 5.02 Å². The molecule has 0 radical (unpaired) electrons. The van der Waals surface area contributed by atoms with Crippen molar-refractivity contribution in [1.82, 2.24) is 5.32 Å². The lowest BCUT2D eigenvalue weighted by molar-refractivity contribution is 0.0386. The van der Waals surface area contributed by atoms with E-state index in [9.17, 15) is 0 Å².